The highest BCUT2D eigenvalue weighted by Crippen LogP contribution is 2.25. The van der Waals surface area contributed by atoms with Crippen molar-refractivity contribution in [3.8, 4) is 0 Å². The second-order valence-electron chi connectivity index (χ2n) is 8.22. The van der Waals surface area contributed by atoms with Crippen molar-refractivity contribution in [2.45, 2.75) is 71.7 Å². The van der Waals surface area contributed by atoms with E-state index < -0.39 is 17.7 Å². The summed E-state index contributed by atoms with van der Waals surface area (Å²) in [6.07, 6.45) is 1.05. The normalized spacial score (nSPS) is 19.4. The minimum absolute atomic E-state index is 0.187. The molecular formula is C20H30N2O3. The molecule has 0 bridgehead atoms. The molecule has 1 aromatic carbocycles. The molecular weight excluding hydrogens is 316 g/mol. The molecule has 2 rings (SSSR count). The van der Waals surface area contributed by atoms with E-state index in [1.165, 1.54) is 0 Å². The summed E-state index contributed by atoms with van der Waals surface area (Å²) >= 11 is 0. The van der Waals surface area contributed by atoms with Crippen LogP contribution in [0.25, 0.3) is 0 Å². The van der Waals surface area contributed by atoms with Crippen LogP contribution in [-0.4, -0.2) is 34.5 Å². The van der Waals surface area contributed by atoms with Gasteiger partial charge in [0.25, 0.3) is 0 Å². The van der Waals surface area contributed by atoms with Gasteiger partial charge in [0.05, 0.1) is 6.04 Å². The van der Waals surface area contributed by atoms with Gasteiger partial charge in [0.1, 0.15) is 11.6 Å². The van der Waals surface area contributed by atoms with Crippen LogP contribution in [0.1, 0.15) is 52.2 Å². The Balaban J connectivity index is 2.36. The summed E-state index contributed by atoms with van der Waals surface area (Å²) in [6, 6.07) is 6.63. The molecule has 1 amide bonds. The van der Waals surface area contributed by atoms with Gasteiger partial charge in [-0.1, -0.05) is 38.1 Å². The summed E-state index contributed by atoms with van der Waals surface area (Å²) in [5.74, 6) is -0.297. The molecule has 0 radical (unpaired) electrons. The molecule has 1 aliphatic heterocycles. The molecule has 1 heterocycles. The first-order valence-corrected chi connectivity index (χ1v) is 8.94. The molecule has 5 heteroatoms. The first-order valence-electron chi connectivity index (χ1n) is 8.94. The maximum absolute atomic E-state index is 12.9. The van der Waals surface area contributed by atoms with Crippen molar-refractivity contribution >= 4 is 11.9 Å². The lowest BCUT2D eigenvalue weighted by atomic mass is 10.0. The summed E-state index contributed by atoms with van der Waals surface area (Å²) in [6.45, 7) is 9.97. The standard InChI is InChI=1S/C20H30N2O3/c1-13(2)10-17(19(24)25-20(3,4)5)22-12-15-9-7-6-8-14(15)11-16(21)18(22)23/h6-9,13,16-17H,10-12,21H2,1-5H3. The molecule has 1 aromatic rings. The first kappa shape index (κ1) is 19.4. The number of carbonyl (C=O) groups is 2. The molecule has 25 heavy (non-hydrogen) atoms. The second-order valence-corrected chi connectivity index (χ2v) is 8.22. The van der Waals surface area contributed by atoms with Gasteiger partial charge in [0, 0.05) is 6.54 Å². The van der Waals surface area contributed by atoms with E-state index in [-0.39, 0.29) is 17.8 Å². The van der Waals surface area contributed by atoms with Crippen molar-refractivity contribution in [2.75, 3.05) is 0 Å². The van der Waals surface area contributed by atoms with Crippen LogP contribution in [0.5, 0.6) is 0 Å². The molecule has 0 spiro atoms. The lowest BCUT2D eigenvalue weighted by Gasteiger charge is -2.33. The number of fused-ring (bicyclic) bond motifs is 1. The predicted octanol–water partition coefficient (Wildman–Crippen LogP) is 2.66. The fourth-order valence-electron chi connectivity index (χ4n) is 3.14. The molecule has 0 aliphatic carbocycles. The molecule has 2 atom stereocenters. The van der Waals surface area contributed by atoms with Crippen LogP contribution < -0.4 is 5.73 Å². The van der Waals surface area contributed by atoms with Gasteiger partial charge >= 0.3 is 5.97 Å². The number of carbonyl (C=O) groups excluding carboxylic acids is 2. The summed E-state index contributed by atoms with van der Waals surface area (Å²) in [5.41, 5.74) is 7.65. The quantitative estimate of drug-likeness (QED) is 0.851. The van der Waals surface area contributed by atoms with Crippen LogP contribution in [-0.2, 0) is 27.3 Å². The van der Waals surface area contributed by atoms with Crippen molar-refractivity contribution < 1.29 is 14.3 Å². The highest BCUT2D eigenvalue weighted by molar-refractivity contribution is 5.88. The number of nitrogens with two attached hydrogens (primary N) is 1. The van der Waals surface area contributed by atoms with Crippen molar-refractivity contribution in [3.63, 3.8) is 0 Å². The van der Waals surface area contributed by atoms with Gasteiger partial charge in [-0.05, 0) is 50.7 Å². The SMILES string of the molecule is CC(C)CC(C(=O)OC(C)(C)C)N1Cc2ccccc2CC(N)C1=O. The lowest BCUT2D eigenvalue weighted by Crippen LogP contribution is -2.52. The number of hydrogen-bond acceptors (Lipinski definition) is 4. The average molecular weight is 346 g/mol. The van der Waals surface area contributed by atoms with Gasteiger partial charge in [-0.3, -0.25) is 4.79 Å². The number of rotatable bonds is 4. The monoisotopic (exact) mass is 346 g/mol. The Labute approximate surface area is 150 Å². The van der Waals surface area contributed by atoms with Gasteiger partial charge in [0.2, 0.25) is 5.91 Å². The molecule has 0 aromatic heterocycles. The maximum Gasteiger partial charge on any atom is 0.329 e. The van der Waals surface area contributed by atoms with Crippen LogP contribution in [0.3, 0.4) is 0 Å². The molecule has 2 unspecified atom stereocenters. The molecule has 138 valence electrons. The third-order valence-electron chi connectivity index (χ3n) is 4.25. The number of hydrogen-bond donors (Lipinski definition) is 1. The Bertz CT molecular complexity index is 634. The van der Waals surface area contributed by atoms with E-state index in [4.69, 9.17) is 10.5 Å². The minimum Gasteiger partial charge on any atom is -0.458 e. The Kier molecular flexibility index (Phi) is 5.88. The number of amides is 1. The van der Waals surface area contributed by atoms with Gasteiger partial charge in [-0.2, -0.15) is 0 Å². The zero-order valence-electron chi connectivity index (χ0n) is 15.9. The van der Waals surface area contributed by atoms with Crippen LogP contribution in [0, 0.1) is 5.92 Å². The van der Waals surface area contributed by atoms with E-state index in [0.29, 0.717) is 19.4 Å². The van der Waals surface area contributed by atoms with Crippen LogP contribution in [0.2, 0.25) is 0 Å². The molecule has 0 saturated carbocycles. The van der Waals surface area contributed by atoms with E-state index in [1.807, 2.05) is 58.9 Å². The van der Waals surface area contributed by atoms with Gasteiger partial charge < -0.3 is 15.4 Å². The number of nitrogens with zero attached hydrogens (tertiary/aromatic N) is 1. The number of benzene rings is 1. The van der Waals surface area contributed by atoms with E-state index >= 15 is 0 Å². The van der Waals surface area contributed by atoms with Crippen molar-refractivity contribution in [3.05, 3.63) is 35.4 Å². The van der Waals surface area contributed by atoms with E-state index in [0.717, 1.165) is 11.1 Å². The van der Waals surface area contributed by atoms with E-state index in [9.17, 15) is 9.59 Å². The summed E-state index contributed by atoms with van der Waals surface area (Å²) in [5, 5.41) is 0. The lowest BCUT2D eigenvalue weighted by molar-refractivity contribution is -0.166. The number of esters is 1. The van der Waals surface area contributed by atoms with Crippen LogP contribution >= 0.6 is 0 Å². The third kappa shape index (κ3) is 5.05. The Morgan fingerprint density at radius 1 is 1.28 bits per heavy atom. The molecule has 5 nitrogen and oxygen atoms in total. The van der Waals surface area contributed by atoms with Crippen molar-refractivity contribution in [1.82, 2.24) is 4.90 Å². The maximum atomic E-state index is 12.9. The molecule has 1 aliphatic rings. The van der Waals surface area contributed by atoms with Gasteiger partial charge in [-0.25, -0.2) is 4.79 Å². The Hall–Kier alpha value is -1.88. The van der Waals surface area contributed by atoms with E-state index in [2.05, 4.69) is 0 Å². The van der Waals surface area contributed by atoms with Crippen LogP contribution in [0.4, 0.5) is 0 Å². The number of ether oxygens (including phenoxy) is 1. The van der Waals surface area contributed by atoms with E-state index in [1.54, 1.807) is 4.90 Å². The zero-order chi connectivity index (χ0) is 18.8. The van der Waals surface area contributed by atoms with Gasteiger partial charge in [0.15, 0.2) is 0 Å². The topological polar surface area (TPSA) is 72.6 Å². The molecule has 2 N–H and O–H groups in total. The van der Waals surface area contributed by atoms with Gasteiger partial charge in [-0.15, -0.1) is 0 Å². The molecule has 0 saturated heterocycles. The second kappa shape index (κ2) is 7.56. The summed E-state index contributed by atoms with van der Waals surface area (Å²) in [7, 11) is 0. The highest BCUT2D eigenvalue weighted by atomic mass is 16.6. The molecule has 0 fully saturated rings. The fraction of sp³-hybridized carbons (Fsp3) is 0.600. The zero-order valence-corrected chi connectivity index (χ0v) is 15.9. The summed E-state index contributed by atoms with van der Waals surface area (Å²) < 4.78 is 5.59. The predicted molar refractivity (Wildman–Crippen MR) is 97.8 cm³/mol. The summed E-state index contributed by atoms with van der Waals surface area (Å²) in [4.78, 5) is 27.3. The highest BCUT2D eigenvalue weighted by Gasteiger charge is 2.37. The smallest absolute Gasteiger partial charge is 0.329 e. The third-order valence-corrected chi connectivity index (χ3v) is 4.25. The first-order chi connectivity index (χ1) is 11.6. The minimum atomic E-state index is -0.638. The van der Waals surface area contributed by atoms with Crippen LogP contribution in [0.15, 0.2) is 24.3 Å². The average Bonchev–Trinajstić information content (AvgIpc) is 2.60. The van der Waals surface area contributed by atoms with Crippen molar-refractivity contribution in [2.24, 2.45) is 11.7 Å². The largest absolute Gasteiger partial charge is 0.458 e. The van der Waals surface area contributed by atoms with Crippen molar-refractivity contribution in [1.29, 1.82) is 0 Å². The Morgan fingerprint density at radius 2 is 1.88 bits per heavy atom. The Morgan fingerprint density at radius 3 is 2.44 bits per heavy atom. The fourth-order valence-corrected chi connectivity index (χ4v) is 3.14.